The molecular weight excluding hydrogens is 359 g/mol. The summed E-state index contributed by atoms with van der Waals surface area (Å²) in [5.74, 6) is -4.91. The number of nitrogens with zero attached hydrogens (tertiary/aromatic N) is 1. The molecule has 0 aliphatic heterocycles. The maximum absolute atomic E-state index is 13.5. The predicted molar refractivity (Wildman–Crippen MR) is 97.1 cm³/mol. The zero-order valence-electron chi connectivity index (χ0n) is 15.0. The SMILES string of the molecule is CCN(CC)C(=O)c1ccc(NC(=O)CNc2ccc(F)c(F)c2F)cc1. The predicted octanol–water partition coefficient (Wildman–Crippen LogP) is 3.64. The molecule has 0 radical (unpaired) electrons. The number of amides is 2. The normalized spacial score (nSPS) is 10.4. The number of hydrogen-bond donors (Lipinski definition) is 2. The van der Waals surface area contributed by atoms with Crippen LogP contribution >= 0.6 is 0 Å². The van der Waals surface area contributed by atoms with Crippen LogP contribution in [-0.4, -0.2) is 36.3 Å². The van der Waals surface area contributed by atoms with E-state index in [4.69, 9.17) is 0 Å². The molecule has 2 amide bonds. The number of carbonyl (C=O) groups is 2. The molecule has 8 heteroatoms. The van der Waals surface area contributed by atoms with Gasteiger partial charge in [-0.15, -0.1) is 0 Å². The van der Waals surface area contributed by atoms with Crippen LogP contribution in [0, 0.1) is 17.5 Å². The quantitative estimate of drug-likeness (QED) is 0.722. The van der Waals surface area contributed by atoms with Crippen molar-refractivity contribution >= 4 is 23.2 Å². The zero-order valence-corrected chi connectivity index (χ0v) is 15.0. The maximum atomic E-state index is 13.5. The second-order valence-electron chi connectivity index (χ2n) is 5.68. The van der Waals surface area contributed by atoms with E-state index < -0.39 is 23.4 Å². The standard InChI is InChI=1S/C19H20F3N3O2/c1-3-25(4-2)19(27)12-5-7-13(8-6-12)24-16(26)11-23-15-10-9-14(20)17(21)18(15)22/h5-10,23H,3-4,11H2,1-2H3,(H,24,26). The van der Waals surface area contributed by atoms with Gasteiger partial charge in [-0.25, -0.2) is 13.2 Å². The van der Waals surface area contributed by atoms with Gasteiger partial charge in [-0.2, -0.15) is 0 Å². The van der Waals surface area contributed by atoms with Crippen molar-refractivity contribution in [1.82, 2.24) is 4.90 Å². The van der Waals surface area contributed by atoms with Crippen molar-refractivity contribution in [1.29, 1.82) is 0 Å². The fourth-order valence-electron chi connectivity index (χ4n) is 2.43. The molecule has 0 atom stereocenters. The first-order chi connectivity index (χ1) is 12.9. The van der Waals surface area contributed by atoms with Crippen molar-refractivity contribution in [3.05, 3.63) is 59.4 Å². The van der Waals surface area contributed by atoms with Crippen molar-refractivity contribution in [3.63, 3.8) is 0 Å². The summed E-state index contributed by atoms with van der Waals surface area (Å²) in [5, 5.41) is 4.97. The molecule has 0 spiro atoms. The van der Waals surface area contributed by atoms with Crippen molar-refractivity contribution in [2.24, 2.45) is 0 Å². The minimum Gasteiger partial charge on any atom is -0.374 e. The molecule has 0 saturated carbocycles. The Morgan fingerprint density at radius 2 is 1.56 bits per heavy atom. The molecule has 0 aromatic heterocycles. The number of benzene rings is 2. The number of carbonyl (C=O) groups excluding carboxylic acids is 2. The molecule has 2 N–H and O–H groups in total. The highest BCUT2D eigenvalue weighted by Gasteiger charge is 2.15. The van der Waals surface area contributed by atoms with Gasteiger partial charge in [0.2, 0.25) is 5.91 Å². The van der Waals surface area contributed by atoms with Crippen LogP contribution in [0.5, 0.6) is 0 Å². The smallest absolute Gasteiger partial charge is 0.253 e. The van der Waals surface area contributed by atoms with Crippen LogP contribution in [0.4, 0.5) is 24.5 Å². The highest BCUT2D eigenvalue weighted by atomic mass is 19.2. The average molecular weight is 379 g/mol. The third kappa shape index (κ3) is 4.99. The Labute approximate surface area is 155 Å². The van der Waals surface area contributed by atoms with Crippen LogP contribution < -0.4 is 10.6 Å². The molecule has 144 valence electrons. The second kappa shape index (κ2) is 9.07. The van der Waals surface area contributed by atoms with E-state index in [1.807, 2.05) is 13.8 Å². The van der Waals surface area contributed by atoms with Crippen LogP contribution in [0.15, 0.2) is 36.4 Å². The first-order valence-electron chi connectivity index (χ1n) is 8.43. The lowest BCUT2D eigenvalue weighted by atomic mass is 10.1. The van der Waals surface area contributed by atoms with Gasteiger partial charge in [-0.1, -0.05) is 0 Å². The molecule has 0 fully saturated rings. The Hall–Kier alpha value is -3.03. The van der Waals surface area contributed by atoms with E-state index in [-0.39, 0.29) is 18.1 Å². The Morgan fingerprint density at radius 1 is 0.926 bits per heavy atom. The van der Waals surface area contributed by atoms with Gasteiger partial charge in [0.15, 0.2) is 17.5 Å². The summed E-state index contributed by atoms with van der Waals surface area (Å²) in [5.41, 5.74) is 0.631. The molecule has 5 nitrogen and oxygen atoms in total. The molecule has 0 heterocycles. The minimum absolute atomic E-state index is 0.103. The van der Waals surface area contributed by atoms with Crippen LogP contribution in [-0.2, 0) is 4.79 Å². The topological polar surface area (TPSA) is 61.4 Å². The van der Waals surface area contributed by atoms with Crippen LogP contribution in [0.25, 0.3) is 0 Å². The van der Waals surface area contributed by atoms with E-state index >= 15 is 0 Å². The van der Waals surface area contributed by atoms with E-state index in [2.05, 4.69) is 10.6 Å². The highest BCUT2D eigenvalue weighted by Crippen LogP contribution is 2.19. The maximum Gasteiger partial charge on any atom is 0.253 e. The van der Waals surface area contributed by atoms with E-state index in [9.17, 15) is 22.8 Å². The average Bonchev–Trinajstić information content (AvgIpc) is 2.67. The van der Waals surface area contributed by atoms with Crippen LogP contribution in [0.1, 0.15) is 24.2 Å². The van der Waals surface area contributed by atoms with Crippen molar-refractivity contribution in [2.75, 3.05) is 30.3 Å². The van der Waals surface area contributed by atoms with Crippen molar-refractivity contribution in [2.45, 2.75) is 13.8 Å². The zero-order chi connectivity index (χ0) is 20.0. The molecule has 0 aliphatic rings. The van der Waals surface area contributed by atoms with Gasteiger partial charge in [-0.05, 0) is 50.2 Å². The lowest BCUT2D eigenvalue weighted by Crippen LogP contribution is -2.30. The van der Waals surface area contributed by atoms with Crippen LogP contribution in [0.2, 0.25) is 0 Å². The number of anilines is 2. The summed E-state index contributed by atoms with van der Waals surface area (Å²) in [6.45, 7) is 4.62. The Bertz CT molecular complexity index is 822. The molecule has 2 rings (SSSR count). The van der Waals surface area contributed by atoms with Crippen molar-refractivity contribution in [3.8, 4) is 0 Å². The lowest BCUT2D eigenvalue weighted by molar-refractivity contribution is -0.114. The highest BCUT2D eigenvalue weighted by molar-refractivity contribution is 5.96. The molecule has 2 aromatic rings. The molecular formula is C19H20F3N3O2. The number of nitrogens with one attached hydrogen (secondary N) is 2. The largest absolute Gasteiger partial charge is 0.374 e. The summed E-state index contributed by atoms with van der Waals surface area (Å²) in [7, 11) is 0. The summed E-state index contributed by atoms with van der Waals surface area (Å²) in [6.07, 6.45) is 0. The van der Waals surface area contributed by atoms with Gasteiger partial charge in [0.05, 0.1) is 12.2 Å². The molecule has 27 heavy (non-hydrogen) atoms. The van der Waals surface area contributed by atoms with E-state index in [1.54, 1.807) is 29.2 Å². The minimum atomic E-state index is -1.60. The van der Waals surface area contributed by atoms with Gasteiger partial charge in [0.1, 0.15) is 0 Å². The molecule has 0 bridgehead atoms. The fourth-order valence-corrected chi connectivity index (χ4v) is 2.43. The fraction of sp³-hybridized carbons (Fsp3) is 0.263. The summed E-state index contributed by atoms with van der Waals surface area (Å²) in [4.78, 5) is 25.8. The van der Waals surface area contributed by atoms with Gasteiger partial charge in [0.25, 0.3) is 5.91 Å². The molecule has 0 saturated heterocycles. The van der Waals surface area contributed by atoms with Gasteiger partial charge in [0, 0.05) is 24.3 Å². The van der Waals surface area contributed by atoms with E-state index in [0.29, 0.717) is 24.3 Å². The van der Waals surface area contributed by atoms with Gasteiger partial charge >= 0.3 is 0 Å². The van der Waals surface area contributed by atoms with Crippen LogP contribution in [0.3, 0.4) is 0 Å². The molecule has 2 aromatic carbocycles. The van der Waals surface area contributed by atoms with E-state index in [1.165, 1.54) is 0 Å². The van der Waals surface area contributed by atoms with E-state index in [0.717, 1.165) is 12.1 Å². The van der Waals surface area contributed by atoms with Gasteiger partial charge < -0.3 is 15.5 Å². The number of rotatable bonds is 7. The summed E-state index contributed by atoms with van der Waals surface area (Å²) < 4.78 is 39.6. The summed E-state index contributed by atoms with van der Waals surface area (Å²) >= 11 is 0. The third-order valence-corrected chi connectivity index (χ3v) is 3.94. The number of halogens is 3. The monoisotopic (exact) mass is 379 g/mol. The number of hydrogen-bond acceptors (Lipinski definition) is 3. The second-order valence-corrected chi connectivity index (χ2v) is 5.68. The molecule has 0 unspecified atom stereocenters. The Morgan fingerprint density at radius 3 is 2.15 bits per heavy atom. The van der Waals surface area contributed by atoms with Gasteiger partial charge in [-0.3, -0.25) is 9.59 Å². The van der Waals surface area contributed by atoms with Crippen molar-refractivity contribution < 1.29 is 22.8 Å². The Balaban J connectivity index is 1.94. The molecule has 0 aliphatic carbocycles. The summed E-state index contributed by atoms with van der Waals surface area (Å²) in [6, 6.07) is 8.12. The first kappa shape index (κ1) is 20.3. The Kier molecular flexibility index (Phi) is 6.81. The first-order valence-corrected chi connectivity index (χ1v) is 8.43. The third-order valence-electron chi connectivity index (χ3n) is 3.94. The lowest BCUT2D eigenvalue weighted by Gasteiger charge is -2.18.